The minimum Gasteiger partial charge on any atom is -0.464 e. The number of fused-ring (bicyclic) bond motifs is 1. The summed E-state index contributed by atoms with van der Waals surface area (Å²) in [5, 5.41) is 2.53. The Balaban J connectivity index is 2.16. The first-order valence-corrected chi connectivity index (χ1v) is 6.76. The summed E-state index contributed by atoms with van der Waals surface area (Å²) in [5.74, 6) is -1.29. The first kappa shape index (κ1) is 15.0. The smallest absolute Gasteiger partial charge is 0.339 e. The van der Waals surface area contributed by atoms with Crippen LogP contribution >= 0.6 is 0 Å². The number of carbonyl (C=O) groups is 3. The minimum atomic E-state index is -0.841. The number of carbonyl (C=O) groups excluding carboxylic acids is 3. The third-order valence-electron chi connectivity index (χ3n) is 3.18. The van der Waals surface area contributed by atoms with Gasteiger partial charge >= 0.3 is 11.9 Å². The van der Waals surface area contributed by atoms with E-state index in [-0.39, 0.29) is 18.9 Å². The molecule has 2 rings (SSSR count). The van der Waals surface area contributed by atoms with Gasteiger partial charge in [-0.3, -0.25) is 4.79 Å². The lowest BCUT2D eigenvalue weighted by molar-refractivity contribution is -0.148. The number of hydrogen-bond acceptors (Lipinski definition) is 5. The summed E-state index contributed by atoms with van der Waals surface area (Å²) in [6, 6.07) is 6.16. The maximum atomic E-state index is 11.9. The Bertz CT molecular complexity index is 569. The zero-order chi connectivity index (χ0) is 15.4. The number of ether oxygens (including phenoxy) is 2. The molecule has 0 bridgehead atoms. The maximum Gasteiger partial charge on any atom is 0.339 e. The van der Waals surface area contributed by atoms with Gasteiger partial charge in [-0.2, -0.15) is 0 Å². The highest BCUT2D eigenvalue weighted by Gasteiger charge is 2.35. The first-order chi connectivity index (χ1) is 10.0. The van der Waals surface area contributed by atoms with Gasteiger partial charge in [0.2, 0.25) is 5.91 Å². The van der Waals surface area contributed by atoms with E-state index in [2.05, 4.69) is 5.32 Å². The van der Waals surface area contributed by atoms with E-state index < -0.39 is 24.1 Å². The van der Waals surface area contributed by atoms with Crippen LogP contribution in [-0.4, -0.2) is 30.5 Å². The summed E-state index contributed by atoms with van der Waals surface area (Å²) < 4.78 is 10.2. The fourth-order valence-corrected chi connectivity index (χ4v) is 2.31. The average Bonchev–Trinajstić information content (AvgIpc) is 2.75. The van der Waals surface area contributed by atoms with E-state index in [1.54, 1.807) is 31.2 Å². The predicted octanol–water partition coefficient (Wildman–Crippen LogP) is 1.36. The Kier molecular flexibility index (Phi) is 4.57. The Morgan fingerprint density at radius 3 is 2.76 bits per heavy atom. The van der Waals surface area contributed by atoms with Gasteiger partial charge in [0, 0.05) is 18.9 Å². The van der Waals surface area contributed by atoms with Crippen molar-refractivity contribution in [3.05, 3.63) is 35.4 Å². The first-order valence-electron chi connectivity index (χ1n) is 6.76. The van der Waals surface area contributed by atoms with Crippen LogP contribution in [-0.2, 0) is 19.1 Å². The third-order valence-corrected chi connectivity index (χ3v) is 3.18. The molecule has 0 aliphatic carbocycles. The Morgan fingerprint density at radius 1 is 1.38 bits per heavy atom. The molecule has 21 heavy (non-hydrogen) atoms. The van der Waals surface area contributed by atoms with Gasteiger partial charge < -0.3 is 14.8 Å². The van der Waals surface area contributed by atoms with E-state index in [0.29, 0.717) is 5.56 Å². The lowest BCUT2D eigenvalue weighted by atomic mass is 9.99. The van der Waals surface area contributed by atoms with Crippen LogP contribution < -0.4 is 5.32 Å². The molecule has 0 aromatic heterocycles. The molecule has 0 radical (unpaired) electrons. The topological polar surface area (TPSA) is 81.7 Å². The van der Waals surface area contributed by atoms with Crippen LogP contribution in [0.15, 0.2) is 24.3 Å². The van der Waals surface area contributed by atoms with Gasteiger partial charge in [0.1, 0.15) is 12.1 Å². The molecular weight excluding hydrogens is 274 g/mol. The van der Waals surface area contributed by atoms with Gasteiger partial charge in [-0.1, -0.05) is 18.2 Å². The van der Waals surface area contributed by atoms with Crippen LogP contribution in [0.1, 0.15) is 42.3 Å². The molecule has 1 aliphatic heterocycles. The van der Waals surface area contributed by atoms with E-state index in [9.17, 15) is 14.4 Å². The lowest BCUT2D eigenvalue weighted by Gasteiger charge is -2.19. The standard InChI is InChI=1S/C15H17NO5/c1-3-20-15(19)12(16-9(2)17)8-13-10-6-4-5-7-11(10)14(18)21-13/h4-7,12-13H,3,8H2,1-2H3,(H,16,17). The zero-order valence-corrected chi connectivity index (χ0v) is 11.9. The van der Waals surface area contributed by atoms with Gasteiger partial charge in [-0.15, -0.1) is 0 Å². The largest absolute Gasteiger partial charge is 0.464 e. The number of rotatable bonds is 5. The SMILES string of the molecule is CCOC(=O)C(CC1OC(=O)c2ccccc21)NC(C)=O. The maximum absolute atomic E-state index is 11.9. The Hall–Kier alpha value is -2.37. The quantitative estimate of drug-likeness (QED) is 0.828. The van der Waals surface area contributed by atoms with Gasteiger partial charge in [0.05, 0.1) is 12.2 Å². The van der Waals surface area contributed by atoms with Gasteiger partial charge in [-0.25, -0.2) is 9.59 Å². The highest BCUT2D eigenvalue weighted by Crippen LogP contribution is 2.33. The van der Waals surface area contributed by atoms with Crippen molar-refractivity contribution < 1.29 is 23.9 Å². The van der Waals surface area contributed by atoms with Crippen molar-refractivity contribution >= 4 is 17.8 Å². The fraction of sp³-hybridized carbons (Fsp3) is 0.400. The molecule has 0 spiro atoms. The number of amides is 1. The van der Waals surface area contributed by atoms with Crippen molar-refractivity contribution in [1.29, 1.82) is 0 Å². The van der Waals surface area contributed by atoms with Crippen molar-refractivity contribution in [1.82, 2.24) is 5.32 Å². The predicted molar refractivity (Wildman–Crippen MR) is 73.5 cm³/mol. The Morgan fingerprint density at radius 2 is 2.10 bits per heavy atom. The monoisotopic (exact) mass is 291 g/mol. The van der Waals surface area contributed by atoms with Gasteiger partial charge in [0.15, 0.2) is 0 Å². The molecule has 0 saturated heterocycles. The van der Waals surface area contributed by atoms with E-state index in [4.69, 9.17) is 9.47 Å². The van der Waals surface area contributed by atoms with Crippen LogP contribution in [0.4, 0.5) is 0 Å². The number of hydrogen-bond donors (Lipinski definition) is 1. The van der Waals surface area contributed by atoms with E-state index in [0.717, 1.165) is 5.56 Å². The number of nitrogens with one attached hydrogen (secondary N) is 1. The number of benzene rings is 1. The molecule has 1 aromatic carbocycles. The summed E-state index contributed by atoms with van der Waals surface area (Å²) in [5.41, 5.74) is 1.22. The summed E-state index contributed by atoms with van der Waals surface area (Å²) in [7, 11) is 0. The van der Waals surface area contributed by atoms with Crippen LogP contribution in [0.5, 0.6) is 0 Å². The number of esters is 2. The minimum absolute atomic E-state index is 0.154. The lowest BCUT2D eigenvalue weighted by Crippen LogP contribution is -2.41. The fourth-order valence-electron chi connectivity index (χ4n) is 2.31. The van der Waals surface area contributed by atoms with Gasteiger partial charge in [-0.05, 0) is 13.0 Å². The molecule has 2 atom stereocenters. The summed E-state index contributed by atoms with van der Waals surface area (Å²) in [4.78, 5) is 34.9. The molecule has 1 aromatic rings. The third kappa shape index (κ3) is 3.39. The molecule has 0 fully saturated rings. The highest BCUT2D eigenvalue weighted by atomic mass is 16.6. The summed E-state index contributed by atoms with van der Waals surface area (Å²) in [6.45, 7) is 3.23. The second-order valence-corrected chi connectivity index (χ2v) is 4.72. The van der Waals surface area contributed by atoms with Crippen LogP contribution in [0.3, 0.4) is 0 Å². The van der Waals surface area contributed by atoms with Crippen molar-refractivity contribution in [3.8, 4) is 0 Å². The molecule has 1 N–H and O–H groups in total. The van der Waals surface area contributed by atoms with Crippen LogP contribution in [0, 0.1) is 0 Å². The normalized spacial score (nSPS) is 17.6. The molecule has 6 nitrogen and oxygen atoms in total. The second-order valence-electron chi connectivity index (χ2n) is 4.72. The number of cyclic esters (lactones) is 1. The molecule has 1 aliphatic rings. The van der Waals surface area contributed by atoms with E-state index in [1.165, 1.54) is 6.92 Å². The summed E-state index contributed by atoms with van der Waals surface area (Å²) in [6.07, 6.45) is -0.406. The van der Waals surface area contributed by atoms with Crippen molar-refractivity contribution in [2.24, 2.45) is 0 Å². The van der Waals surface area contributed by atoms with Crippen molar-refractivity contribution in [2.45, 2.75) is 32.4 Å². The molecule has 1 heterocycles. The van der Waals surface area contributed by atoms with Crippen molar-refractivity contribution in [3.63, 3.8) is 0 Å². The second kappa shape index (κ2) is 6.39. The molecule has 6 heteroatoms. The van der Waals surface area contributed by atoms with E-state index >= 15 is 0 Å². The average molecular weight is 291 g/mol. The molecule has 2 unspecified atom stereocenters. The van der Waals surface area contributed by atoms with Crippen molar-refractivity contribution in [2.75, 3.05) is 6.61 Å². The zero-order valence-electron chi connectivity index (χ0n) is 11.9. The van der Waals surface area contributed by atoms with E-state index in [1.807, 2.05) is 0 Å². The molecular formula is C15H17NO5. The molecule has 1 amide bonds. The molecule has 0 saturated carbocycles. The van der Waals surface area contributed by atoms with Crippen LogP contribution in [0.2, 0.25) is 0 Å². The summed E-state index contributed by atoms with van der Waals surface area (Å²) >= 11 is 0. The highest BCUT2D eigenvalue weighted by molar-refractivity contribution is 5.94. The van der Waals surface area contributed by atoms with Gasteiger partial charge in [0.25, 0.3) is 0 Å². The molecule has 112 valence electrons. The Labute approximate surface area is 122 Å². The van der Waals surface area contributed by atoms with Crippen LogP contribution in [0.25, 0.3) is 0 Å².